The standard InChI is InChI=1S/C14H14ClN3O/c1-9-12(13(15)17(2)16-9)14(19)18-8-7-10-5-3-4-6-11(10)18/h3-6H,7-8H2,1-2H3. The molecule has 1 aromatic carbocycles. The maximum Gasteiger partial charge on any atom is 0.263 e. The minimum Gasteiger partial charge on any atom is -0.308 e. The minimum absolute atomic E-state index is 0.0689. The van der Waals surface area contributed by atoms with Gasteiger partial charge in [-0.15, -0.1) is 0 Å². The van der Waals surface area contributed by atoms with E-state index in [4.69, 9.17) is 11.6 Å². The number of aromatic nitrogens is 2. The lowest BCUT2D eigenvalue weighted by Gasteiger charge is -2.17. The lowest BCUT2D eigenvalue weighted by atomic mass is 10.2. The number of aryl methyl sites for hydroxylation is 2. The van der Waals surface area contributed by atoms with Gasteiger partial charge in [0.05, 0.1) is 11.3 Å². The molecule has 0 unspecified atom stereocenters. The first-order chi connectivity index (χ1) is 9.09. The Morgan fingerprint density at radius 3 is 2.79 bits per heavy atom. The Morgan fingerprint density at radius 1 is 1.37 bits per heavy atom. The second-order valence-electron chi connectivity index (χ2n) is 4.71. The normalized spacial score (nSPS) is 13.7. The molecule has 1 amide bonds. The van der Waals surface area contributed by atoms with Crippen molar-refractivity contribution in [2.75, 3.05) is 11.4 Å². The predicted molar refractivity (Wildman–Crippen MR) is 74.8 cm³/mol. The molecule has 19 heavy (non-hydrogen) atoms. The minimum atomic E-state index is -0.0689. The van der Waals surface area contributed by atoms with Crippen molar-refractivity contribution in [1.82, 2.24) is 9.78 Å². The second-order valence-corrected chi connectivity index (χ2v) is 5.07. The van der Waals surface area contributed by atoms with Crippen LogP contribution in [0.15, 0.2) is 24.3 Å². The zero-order valence-electron chi connectivity index (χ0n) is 10.9. The second kappa shape index (κ2) is 4.38. The van der Waals surface area contributed by atoms with Gasteiger partial charge in [-0.1, -0.05) is 29.8 Å². The maximum absolute atomic E-state index is 12.7. The lowest BCUT2D eigenvalue weighted by molar-refractivity contribution is 0.0989. The SMILES string of the molecule is Cc1nn(C)c(Cl)c1C(=O)N1CCc2ccccc21. The van der Waals surface area contributed by atoms with Crippen LogP contribution in [0.1, 0.15) is 21.6 Å². The molecule has 0 radical (unpaired) electrons. The van der Waals surface area contributed by atoms with E-state index in [1.54, 1.807) is 18.9 Å². The van der Waals surface area contributed by atoms with Gasteiger partial charge >= 0.3 is 0 Å². The number of hydrogen-bond acceptors (Lipinski definition) is 2. The first-order valence-electron chi connectivity index (χ1n) is 6.18. The summed E-state index contributed by atoms with van der Waals surface area (Å²) in [5.41, 5.74) is 3.35. The smallest absolute Gasteiger partial charge is 0.263 e. The number of halogens is 1. The number of benzene rings is 1. The maximum atomic E-state index is 12.7. The van der Waals surface area contributed by atoms with E-state index in [1.165, 1.54) is 10.2 Å². The molecule has 4 nitrogen and oxygen atoms in total. The van der Waals surface area contributed by atoms with Crippen LogP contribution in [0.2, 0.25) is 5.15 Å². The molecule has 1 aromatic heterocycles. The molecule has 0 spiro atoms. The molecule has 0 N–H and O–H groups in total. The molecular weight excluding hydrogens is 262 g/mol. The van der Waals surface area contributed by atoms with E-state index < -0.39 is 0 Å². The molecule has 1 aliphatic heterocycles. The molecule has 0 saturated heterocycles. The predicted octanol–water partition coefficient (Wildman–Crippen LogP) is 2.58. The zero-order valence-corrected chi connectivity index (χ0v) is 11.6. The number of amides is 1. The Hall–Kier alpha value is -1.81. The van der Waals surface area contributed by atoms with Gasteiger partial charge < -0.3 is 4.90 Å². The number of carbonyl (C=O) groups excluding carboxylic acids is 1. The number of hydrogen-bond donors (Lipinski definition) is 0. The fourth-order valence-electron chi connectivity index (χ4n) is 2.56. The largest absolute Gasteiger partial charge is 0.308 e. The van der Waals surface area contributed by atoms with Crippen LogP contribution >= 0.6 is 11.6 Å². The van der Waals surface area contributed by atoms with Crippen molar-refractivity contribution in [2.24, 2.45) is 7.05 Å². The van der Waals surface area contributed by atoms with Crippen LogP contribution in [0.3, 0.4) is 0 Å². The van der Waals surface area contributed by atoms with E-state index in [9.17, 15) is 4.79 Å². The Bertz CT molecular complexity index is 663. The molecule has 5 heteroatoms. The van der Waals surface area contributed by atoms with Crippen molar-refractivity contribution in [3.63, 3.8) is 0 Å². The average molecular weight is 276 g/mol. The summed E-state index contributed by atoms with van der Waals surface area (Å²) in [6, 6.07) is 7.97. The van der Waals surface area contributed by atoms with Crippen LogP contribution < -0.4 is 4.90 Å². The monoisotopic (exact) mass is 275 g/mol. The van der Waals surface area contributed by atoms with Crippen molar-refractivity contribution >= 4 is 23.2 Å². The summed E-state index contributed by atoms with van der Waals surface area (Å²) >= 11 is 6.17. The number of carbonyl (C=O) groups is 1. The van der Waals surface area contributed by atoms with Gasteiger partial charge in [-0.3, -0.25) is 9.48 Å². The number of fused-ring (bicyclic) bond motifs is 1. The fourth-order valence-corrected chi connectivity index (χ4v) is 2.81. The first kappa shape index (κ1) is 12.2. The molecule has 3 rings (SSSR count). The highest BCUT2D eigenvalue weighted by Crippen LogP contribution is 2.31. The Morgan fingerprint density at radius 2 is 2.11 bits per heavy atom. The van der Waals surface area contributed by atoms with E-state index in [1.807, 2.05) is 18.2 Å². The van der Waals surface area contributed by atoms with E-state index in [-0.39, 0.29) is 5.91 Å². The van der Waals surface area contributed by atoms with Gasteiger partial charge in [-0.05, 0) is 25.0 Å². The molecule has 0 fully saturated rings. The van der Waals surface area contributed by atoms with Gasteiger partial charge in [0.25, 0.3) is 5.91 Å². The van der Waals surface area contributed by atoms with Gasteiger partial charge in [-0.2, -0.15) is 5.10 Å². The molecule has 2 aromatic rings. The van der Waals surface area contributed by atoms with Crippen molar-refractivity contribution in [3.05, 3.63) is 46.2 Å². The van der Waals surface area contributed by atoms with Crippen LogP contribution in [-0.4, -0.2) is 22.2 Å². The zero-order chi connectivity index (χ0) is 13.6. The highest BCUT2D eigenvalue weighted by atomic mass is 35.5. The van der Waals surface area contributed by atoms with E-state index in [0.29, 0.717) is 23.0 Å². The molecule has 0 bridgehead atoms. The Balaban J connectivity index is 2.03. The quantitative estimate of drug-likeness (QED) is 0.802. The Labute approximate surface area is 116 Å². The summed E-state index contributed by atoms with van der Waals surface area (Å²) in [5.74, 6) is -0.0689. The topological polar surface area (TPSA) is 38.1 Å². The molecular formula is C14H14ClN3O. The molecule has 0 atom stereocenters. The molecule has 2 heterocycles. The summed E-state index contributed by atoms with van der Waals surface area (Å²) in [6.07, 6.45) is 0.888. The highest BCUT2D eigenvalue weighted by Gasteiger charge is 2.29. The van der Waals surface area contributed by atoms with Gasteiger partial charge in [-0.25, -0.2) is 0 Å². The lowest BCUT2D eigenvalue weighted by Crippen LogP contribution is -2.29. The van der Waals surface area contributed by atoms with Crippen molar-refractivity contribution in [1.29, 1.82) is 0 Å². The van der Waals surface area contributed by atoms with Crippen LogP contribution in [0.25, 0.3) is 0 Å². The average Bonchev–Trinajstić information content (AvgIpc) is 2.91. The summed E-state index contributed by atoms with van der Waals surface area (Å²) in [5, 5.41) is 4.59. The highest BCUT2D eigenvalue weighted by molar-refractivity contribution is 6.33. The van der Waals surface area contributed by atoms with Gasteiger partial charge in [0.1, 0.15) is 5.15 Å². The molecule has 1 aliphatic rings. The fraction of sp³-hybridized carbons (Fsp3) is 0.286. The van der Waals surface area contributed by atoms with E-state index >= 15 is 0 Å². The first-order valence-corrected chi connectivity index (χ1v) is 6.56. The third kappa shape index (κ3) is 1.83. The number of para-hydroxylation sites is 1. The molecule has 98 valence electrons. The van der Waals surface area contributed by atoms with Crippen LogP contribution in [0, 0.1) is 6.92 Å². The third-order valence-corrected chi connectivity index (χ3v) is 3.93. The summed E-state index contributed by atoms with van der Waals surface area (Å²) in [6.45, 7) is 2.50. The van der Waals surface area contributed by atoms with Crippen LogP contribution in [0.4, 0.5) is 5.69 Å². The van der Waals surface area contributed by atoms with Crippen molar-refractivity contribution in [3.8, 4) is 0 Å². The van der Waals surface area contributed by atoms with E-state index in [2.05, 4.69) is 11.2 Å². The summed E-state index contributed by atoms with van der Waals surface area (Å²) in [4.78, 5) is 14.4. The number of nitrogens with zero attached hydrogens (tertiary/aromatic N) is 3. The third-order valence-electron chi connectivity index (χ3n) is 3.50. The van der Waals surface area contributed by atoms with Crippen LogP contribution in [-0.2, 0) is 13.5 Å². The van der Waals surface area contributed by atoms with Crippen molar-refractivity contribution < 1.29 is 4.79 Å². The summed E-state index contributed by atoms with van der Waals surface area (Å²) < 4.78 is 1.53. The van der Waals surface area contributed by atoms with Gasteiger partial charge in [0, 0.05) is 19.3 Å². The van der Waals surface area contributed by atoms with Crippen molar-refractivity contribution in [2.45, 2.75) is 13.3 Å². The van der Waals surface area contributed by atoms with Gasteiger partial charge in [0.2, 0.25) is 0 Å². The molecule has 0 saturated carbocycles. The number of anilines is 1. The summed E-state index contributed by atoms with van der Waals surface area (Å²) in [7, 11) is 1.74. The Kier molecular flexibility index (Phi) is 2.82. The van der Waals surface area contributed by atoms with Gasteiger partial charge in [0.15, 0.2) is 0 Å². The number of rotatable bonds is 1. The van der Waals surface area contributed by atoms with Crippen LogP contribution in [0.5, 0.6) is 0 Å². The van der Waals surface area contributed by atoms with E-state index in [0.717, 1.165) is 12.1 Å². The molecule has 0 aliphatic carbocycles.